The Balaban J connectivity index is 1.32. The molecule has 0 saturated heterocycles. The van der Waals surface area contributed by atoms with E-state index in [1.165, 1.54) is 0 Å². The molecule has 0 aliphatic carbocycles. The van der Waals surface area contributed by atoms with Crippen LogP contribution >= 0.6 is 0 Å². The van der Waals surface area contributed by atoms with Crippen LogP contribution < -0.4 is 0 Å². The Morgan fingerprint density at radius 1 is 0.380 bits per heavy atom. The molecule has 2 heterocycles. The molecular weight excluding hydrogens is 611 g/mol. The number of benzene rings is 7. The Morgan fingerprint density at radius 2 is 0.940 bits per heavy atom. The van der Waals surface area contributed by atoms with Crippen LogP contribution in [-0.4, -0.2) is 9.13 Å². The second-order valence-corrected chi connectivity index (χ2v) is 12.3. The first kappa shape index (κ1) is 28.8. The van der Waals surface area contributed by atoms with Gasteiger partial charge in [-0.3, -0.25) is 0 Å². The summed E-state index contributed by atoms with van der Waals surface area (Å²) in [5.41, 5.74) is 11.0. The molecule has 50 heavy (non-hydrogen) atoms. The van der Waals surface area contributed by atoms with Crippen molar-refractivity contribution in [3.63, 3.8) is 0 Å². The number of hydrogen-bond donors (Lipinski definition) is 0. The quantitative estimate of drug-likeness (QED) is 0.193. The Kier molecular flexibility index (Phi) is 6.56. The normalized spacial score (nSPS) is 11.1. The molecule has 9 rings (SSSR count). The van der Waals surface area contributed by atoms with Crippen molar-refractivity contribution >= 4 is 43.6 Å². The van der Waals surface area contributed by atoms with Gasteiger partial charge in [0, 0.05) is 32.8 Å². The van der Waals surface area contributed by atoms with E-state index >= 15 is 0 Å². The Hall–Kier alpha value is -7.39. The van der Waals surface area contributed by atoms with Gasteiger partial charge in [0.25, 0.3) is 0 Å². The van der Waals surface area contributed by atoms with Crippen molar-refractivity contribution in [2.45, 2.75) is 0 Å². The molecule has 5 nitrogen and oxygen atoms in total. The first-order valence-corrected chi connectivity index (χ1v) is 16.3. The maximum absolute atomic E-state index is 10.5. The lowest BCUT2D eigenvalue weighted by Crippen LogP contribution is -2.02. The molecule has 0 N–H and O–H groups in total. The van der Waals surface area contributed by atoms with Gasteiger partial charge in [-0.05, 0) is 77.4 Å². The van der Waals surface area contributed by atoms with E-state index in [4.69, 9.17) is 0 Å². The van der Waals surface area contributed by atoms with Crippen molar-refractivity contribution in [2.75, 3.05) is 0 Å². The highest BCUT2D eigenvalue weighted by Crippen LogP contribution is 2.42. The van der Waals surface area contributed by atoms with E-state index in [0.717, 1.165) is 77.2 Å². The van der Waals surface area contributed by atoms with Crippen LogP contribution in [0.4, 0.5) is 0 Å². The monoisotopic (exact) mass is 635 g/mol. The van der Waals surface area contributed by atoms with Crippen LogP contribution in [-0.2, 0) is 0 Å². The van der Waals surface area contributed by atoms with Gasteiger partial charge >= 0.3 is 0 Å². The number of fused-ring (bicyclic) bond motifs is 6. The lowest BCUT2D eigenvalue weighted by Gasteiger charge is -2.19. The number of para-hydroxylation sites is 4. The minimum atomic E-state index is 0.528. The summed E-state index contributed by atoms with van der Waals surface area (Å²) in [4.78, 5) is 0. The Labute approximate surface area is 287 Å². The summed E-state index contributed by atoms with van der Waals surface area (Å²) in [5, 5.41) is 34.7. The molecular formula is C45H25N5. The first-order valence-electron chi connectivity index (χ1n) is 16.3. The third kappa shape index (κ3) is 4.31. The second kappa shape index (κ2) is 11.4. The summed E-state index contributed by atoms with van der Waals surface area (Å²) in [6, 6.07) is 57.7. The van der Waals surface area contributed by atoms with E-state index < -0.39 is 0 Å². The van der Waals surface area contributed by atoms with Gasteiger partial charge in [0.1, 0.15) is 6.07 Å². The molecule has 0 atom stereocenters. The standard InChI is InChI=1S/C45H25N5/c46-26-29-20-21-44-40(24-29)38-15-5-6-17-41(38)49(44)33-23-30(27-47)22-32(25-33)34-11-1-2-12-35(34)39-16-9-10-31(28-48)45(39)50-42-18-7-3-13-36(42)37-14-4-8-19-43(37)50/h1-25H. The predicted octanol–water partition coefficient (Wildman–Crippen LogP) is 10.8. The van der Waals surface area contributed by atoms with Crippen molar-refractivity contribution in [3.8, 4) is 51.8 Å². The molecule has 0 aliphatic rings. The van der Waals surface area contributed by atoms with Crippen LogP contribution in [0.3, 0.4) is 0 Å². The topological polar surface area (TPSA) is 81.2 Å². The van der Waals surface area contributed by atoms with E-state index in [0.29, 0.717) is 16.7 Å². The molecule has 5 heteroatoms. The van der Waals surface area contributed by atoms with Crippen LogP contribution in [0.5, 0.6) is 0 Å². The van der Waals surface area contributed by atoms with Crippen LogP contribution in [0.2, 0.25) is 0 Å². The summed E-state index contributed by atoms with van der Waals surface area (Å²) in [6.45, 7) is 0. The fraction of sp³-hybridized carbons (Fsp3) is 0. The number of hydrogen-bond acceptors (Lipinski definition) is 3. The summed E-state index contributed by atoms with van der Waals surface area (Å²) < 4.78 is 4.37. The predicted molar refractivity (Wildman–Crippen MR) is 200 cm³/mol. The lowest BCUT2D eigenvalue weighted by molar-refractivity contribution is 1.17. The average molecular weight is 636 g/mol. The Bertz CT molecular complexity index is 2920. The Morgan fingerprint density at radius 3 is 1.60 bits per heavy atom. The largest absolute Gasteiger partial charge is 0.309 e. The summed E-state index contributed by atoms with van der Waals surface area (Å²) in [6.07, 6.45) is 0. The second-order valence-electron chi connectivity index (χ2n) is 12.3. The van der Waals surface area contributed by atoms with Gasteiger partial charge in [-0.2, -0.15) is 15.8 Å². The SMILES string of the molecule is N#Cc1cc(-c2ccccc2-c2cccc(C#N)c2-n2c3ccccc3c3ccccc32)cc(-n2c3ccccc3c3cc(C#N)ccc32)c1. The highest BCUT2D eigenvalue weighted by Gasteiger charge is 2.21. The maximum atomic E-state index is 10.5. The maximum Gasteiger partial charge on any atom is 0.101 e. The third-order valence-corrected chi connectivity index (χ3v) is 9.60. The molecule has 0 aliphatic heterocycles. The molecule has 2 aromatic heterocycles. The summed E-state index contributed by atoms with van der Waals surface area (Å²) in [7, 11) is 0. The first-order chi connectivity index (χ1) is 24.7. The van der Waals surface area contributed by atoms with Crippen molar-refractivity contribution in [2.24, 2.45) is 0 Å². The molecule has 9 aromatic rings. The molecule has 0 radical (unpaired) electrons. The molecule has 0 unspecified atom stereocenters. The highest BCUT2D eigenvalue weighted by atomic mass is 15.0. The van der Waals surface area contributed by atoms with E-state index in [1.54, 1.807) is 0 Å². The minimum absolute atomic E-state index is 0.528. The zero-order valence-electron chi connectivity index (χ0n) is 26.7. The van der Waals surface area contributed by atoms with Crippen LogP contribution in [0, 0.1) is 34.0 Å². The fourth-order valence-corrected chi connectivity index (χ4v) is 7.51. The molecule has 0 fully saturated rings. The van der Waals surface area contributed by atoms with Crippen LogP contribution in [0.25, 0.3) is 77.2 Å². The van der Waals surface area contributed by atoms with E-state index in [1.807, 2.05) is 91.0 Å². The summed E-state index contributed by atoms with van der Waals surface area (Å²) in [5.74, 6) is 0. The number of nitrogens with zero attached hydrogens (tertiary/aromatic N) is 5. The zero-order chi connectivity index (χ0) is 33.8. The molecule has 0 bridgehead atoms. The molecule has 230 valence electrons. The van der Waals surface area contributed by atoms with Gasteiger partial charge in [-0.15, -0.1) is 0 Å². The highest BCUT2D eigenvalue weighted by molar-refractivity contribution is 6.11. The van der Waals surface area contributed by atoms with Gasteiger partial charge < -0.3 is 9.13 Å². The zero-order valence-corrected chi connectivity index (χ0v) is 26.7. The van der Waals surface area contributed by atoms with Gasteiger partial charge in [-0.25, -0.2) is 0 Å². The van der Waals surface area contributed by atoms with Gasteiger partial charge in [0.15, 0.2) is 0 Å². The number of nitriles is 3. The van der Waals surface area contributed by atoms with Crippen LogP contribution in [0.15, 0.2) is 152 Å². The van der Waals surface area contributed by atoms with Gasteiger partial charge in [0.05, 0.1) is 56.6 Å². The van der Waals surface area contributed by atoms with Crippen LogP contribution in [0.1, 0.15) is 16.7 Å². The van der Waals surface area contributed by atoms with Crippen molar-refractivity contribution in [1.82, 2.24) is 9.13 Å². The number of rotatable bonds is 4. The third-order valence-electron chi connectivity index (χ3n) is 9.60. The van der Waals surface area contributed by atoms with E-state index in [-0.39, 0.29) is 0 Å². The molecule has 0 saturated carbocycles. The number of aromatic nitrogens is 2. The van der Waals surface area contributed by atoms with Crippen molar-refractivity contribution < 1.29 is 0 Å². The van der Waals surface area contributed by atoms with E-state index in [9.17, 15) is 15.8 Å². The molecule has 0 amide bonds. The van der Waals surface area contributed by atoms with Crippen molar-refractivity contribution in [1.29, 1.82) is 15.8 Å². The average Bonchev–Trinajstić information content (AvgIpc) is 3.69. The van der Waals surface area contributed by atoms with E-state index in [2.05, 4.69) is 88.0 Å². The fourth-order valence-electron chi connectivity index (χ4n) is 7.51. The minimum Gasteiger partial charge on any atom is -0.309 e. The van der Waals surface area contributed by atoms with Gasteiger partial charge in [-0.1, -0.05) is 91.0 Å². The lowest BCUT2D eigenvalue weighted by atomic mass is 9.91. The van der Waals surface area contributed by atoms with Crippen molar-refractivity contribution in [3.05, 3.63) is 168 Å². The smallest absolute Gasteiger partial charge is 0.101 e. The molecule has 7 aromatic carbocycles. The summed E-state index contributed by atoms with van der Waals surface area (Å²) >= 11 is 0. The molecule has 0 spiro atoms. The van der Waals surface area contributed by atoms with Gasteiger partial charge in [0.2, 0.25) is 0 Å².